The van der Waals surface area contributed by atoms with Crippen molar-refractivity contribution in [2.75, 3.05) is 6.61 Å². The summed E-state index contributed by atoms with van der Waals surface area (Å²) in [6, 6.07) is -0.00556. The molecule has 2 unspecified atom stereocenters. The third kappa shape index (κ3) is 4.77. The van der Waals surface area contributed by atoms with Gasteiger partial charge in [0, 0.05) is 6.04 Å². The van der Waals surface area contributed by atoms with Gasteiger partial charge in [-0.15, -0.1) is 0 Å². The number of aliphatic hydroxyl groups excluding tert-OH is 1. The first kappa shape index (κ1) is 9.92. The molecule has 0 radical (unpaired) electrons. The molecule has 62 valence electrons. The third-order valence-electron chi connectivity index (χ3n) is 1.96. The highest BCUT2D eigenvalue weighted by Crippen LogP contribution is 2.09. The maximum absolute atomic E-state index is 8.60. The Labute approximate surface area is 63.4 Å². The summed E-state index contributed by atoms with van der Waals surface area (Å²) < 4.78 is 0. The van der Waals surface area contributed by atoms with E-state index in [9.17, 15) is 0 Å². The zero-order valence-corrected chi connectivity index (χ0v) is 7.01. The van der Waals surface area contributed by atoms with Gasteiger partial charge in [-0.3, -0.25) is 0 Å². The minimum absolute atomic E-state index is 0.00556. The molecule has 0 heterocycles. The molecule has 10 heavy (non-hydrogen) atoms. The largest absolute Gasteiger partial charge is 0.395 e. The second-order valence-electron chi connectivity index (χ2n) is 3.03. The summed E-state index contributed by atoms with van der Waals surface area (Å²) in [6.07, 6.45) is 3.29. The van der Waals surface area contributed by atoms with Crippen LogP contribution in [0, 0.1) is 5.92 Å². The molecule has 0 aromatic carbocycles. The first-order valence-electron chi connectivity index (χ1n) is 4.07. The van der Waals surface area contributed by atoms with Gasteiger partial charge >= 0.3 is 0 Å². The monoisotopic (exact) mass is 145 g/mol. The zero-order valence-electron chi connectivity index (χ0n) is 7.01. The lowest BCUT2D eigenvalue weighted by Gasteiger charge is -2.11. The molecule has 0 aromatic heterocycles. The second kappa shape index (κ2) is 5.69. The normalized spacial score (nSPS) is 16.8. The van der Waals surface area contributed by atoms with E-state index < -0.39 is 0 Å². The standard InChI is InChI=1S/C8H19NO/c1-3-7(2)4-5-8(9)6-10/h7-8,10H,3-6,9H2,1-2H3. The van der Waals surface area contributed by atoms with Crippen LogP contribution in [-0.4, -0.2) is 17.8 Å². The van der Waals surface area contributed by atoms with E-state index in [1.807, 2.05) is 0 Å². The Bertz CT molecular complexity index is 65.7. The predicted octanol–water partition coefficient (Wildman–Crippen LogP) is 1.13. The number of hydrogen-bond donors (Lipinski definition) is 2. The van der Waals surface area contributed by atoms with Gasteiger partial charge in [0.05, 0.1) is 6.61 Å². The molecule has 2 atom stereocenters. The summed E-state index contributed by atoms with van der Waals surface area (Å²) in [5.41, 5.74) is 5.53. The van der Waals surface area contributed by atoms with Crippen molar-refractivity contribution in [1.82, 2.24) is 0 Å². The Kier molecular flexibility index (Phi) is 5.64. The number of hydrogen-bond acceptors (Lipinski definition) is 2. The van der Waals surface area contributed by atoms with Crippen molar-refractivity contribution in [1.29, 1.82) is 0 Å². The third-order valence-corrected chi connectivity index (χ3v) is 1.96. The van der Waals surface area contributed by atoms with Crippen molar-refractivity contribution in [3.63, 3.8) is 0 Å². The Hall–Kier alpha value is -0.0800. The molecule has 0 spiro atoms. The molecule has 0 aromatic rings. The number of aliphatic hydroxyl groups is 1. The van der Waals surface area contributed by atoms with E-state index in [-0.39, 0.29) is 12.6 Å². The van der Waals surface area contributed by atoms with Gasteiger partial charge in [-0.25, -0.2) is 0 Å². The van der Waals surface area contributed by atoms with Crippen molar-refractivity contribution >= 4 is 0 Å². The van der Waals surface area contributed by atoms with Crippen LogP contribution in [0.2, 0.25) is 0 Å². The summed E-state index contributed by atoms with van der Waals surface area (Å²) in [7, 11) is 0. The average molecular weight is 145 g/mol. The van der Waals surface area contributed by atoms with Gasteiger partial charge < -0.3 is 10.8 Å². The van der Waals surface area contributed by atoms with E-state index in [4.69, 9.17) is 10.8 Å². The van der Waals surface area contributed by atoms with Crippen molar-refractivity contribution in [3.05, 3.63) is 0 Å². The smallest absolute Gasteiger partial charge is 0.0582 e. The van der Waals surface area contributed by atoms with Crippen LogP contribution in [-0.2, 0) is 0 Å². The topological polar surface area (TPSA) is 46.2 Å². The van der Waals surface area contributed by atoms with Gasteiger partial charge in [0.1, 0.15) is 0 Å². The second-order valence-corrected chi connectivity index (χ2v) is 3.03. The van der Waals surface area contributed by atoms with Gasteiger partial charge in [0.15, 0.2) is 0 Å². The highest BCUT2D eigenvalue weighted by Gasteiger charge is 2.03. The minimum atomic E-state index is -0.00556. The number of nitrogens with two attached hydrogens (primary N) is 1. The Morgan fingerprint density at radius 3 is 2.40 bits per heavy atom. The van der Waals surface area contributed by atoms with E-state index in [0.717, 1.165) is 18.8 Å². The van der Waals surface area contributed by atoms with Crippen LogP contribution < -0.4 is 5.73 Å². The summed E-state index contributed by atoms with van der Waals surface area (Å²) >= 11 is 0. The molecule has 0 saturated carbocycles. The van der Waals surface area contributed by atoms with Crippen LogP contribution in [0.25, 0.3) is 0 Å². The fourth-order valence-corrected chi connectivity index (χ4v) is 0.794. The van der Waals surface area contributed by atoms with Crippen LogP contribution in [0.15, 0.2) is 0 Å². The molecule has 0 rings (SSSR count). The van der Waals surface area contributed by atoms with Crippen molar-refractivity contribution in [2.24, 2.45) is 11.7 Å². The highest BCUT2D eigenvalue weighted by atomic mass is 16.3. The summed E-state index contributed by atoms with van der Waals surface area (Å²) in [4.78, 5) is 0. The van der Waals surface area contributed by atoms with Gasteiger partial charge in [-0.05, 0) is 18.8 Å². The molecule has 0 amide bonds. The SMILES string of the molecule is CCC(C)CCC(N)CO. The summed E-state index contributed by atoms with van der Waals surface area (Å²) in [5, 5.41) is 8.60. The molecule has 0 aliphatic carbocycles. The molecule has 2 heteroatoms. The predicted molar refractivity (Wildman–Crippen MR) is 43.8 cm³/mol. The lowest BCUT2D eigenvalue weighted by atomic mass is 10.0. The van der Waals surface area contributed by atoms with Crippen LogP contribution in [0.3, 0.4) is 0 Å². The Morgan fingerprint density at radius 2 is 2.00 bits per heavy atom. The van der Waals surface area contributed by atoms with Crippen LogP contribution >= 0.6 is 0 Å². The molecule has 3 N–H and O–H groups in total. The van der Waals surface area contributed by atoms with E-state index in [0.29, 0.717) is 0 Å². The minimum Gasteiger partial charge on any atom is -0.395 e. The summed E-state index contributed by atoms with van der Waals surface area (Å²) in [6.45, 7) is 4.51. The summed E-state index contributed by atoms with van der Waals surface area (Å²) in [5.74, 6) is 0.748. The molecule has 0 aliphatic heterocycles. The van der Waals surface area contributed by atoms with Crippen molar-refractivity contribution in [2.45, 2.75) is 39.2 Å². The Balaban J connectivity index is 3.17. The maximum Gasteiger partial charge on any atom is 0.0582 e. The molecule has 0 fully saturated rings. The van der Waals surface area contributed by atoms with Crippen LogP contribution in [0.5, 0.6) is 0 Å². The van der Waals surface area contributed by atoms with Crippen molar-refractivity contribution in [3.8, 4) is 0 Å². The fourth-order valence-electron chi connectivity index (χ4n) is 0.794. The molecular formula is C8H19NO. The molecule has 2 nitrogen and oxygen atoms in total. The highest BCUT2D eigenvalue weighted by molar-refractivity contribution is 4.60. The molecule has 0 saturated heterocycles. The lowest BCUT2D eigenvalue weighted by molar-refractivity contribution is 0.253. The van der Waals surface area contributed by atoms with Gasteiger partial charge in [0.2, 0.25) is 0 Å². The van der Waals surface area contributed by atoms with Gasteiger partial charge in [-0.1, -0.05) is 20.3 Å². The molecular weight excluding hydrogens is 126 g/mol. The first-order valence-corrected chi connectivity index (χ1v) is 4.07. The van der Waals surface area contributed by atoms with Crippen molar-refractivity contribution < 1.29 is 5.11 Å². The quantitative estimate of drug-likeness (QED) is 0.609. The van der Waals surface area contributed by atoms with E-state index in [1.54, 1.807) is 0 Å². The zero-order chi connectivity index (χ0) is 7.98. The molecule has 0 aliphatic rings. The first-order chi connectivity index (χ1) is 4.70. The van der Waals surface area contributed by atoms with Gasteiger partial charge in [0.25, 0.3) is 0 Å². The fraction of sp³-hybridized carbons (Fsp3) is 1.00. The van der Waals surface area contributed by atoms with E-state index in [1.165, 1.54) is 6.42 Å². The average Bonchev–Trinajstić information content (AvgIpc) is 1.99. The maximum atomic E-state index is 8.60. The van der Waals surface area contributed by atoms with E-state index >= 15 is 0 Å². The van der Waals surface area contributed by atoms with E-state index in [2.05, 4.69) is 13.8 Å². The van der Waals surface area contributed by atoms with Crippen LogP contribution in [0.1, 0.15) is 33.1 Å². The van der Waals surface area contributed by atoms with Crippen LogP contribution in [0.4, 0.5) is 0 Å². The lowest BCUT2D eigenvalue weighted by Crippen LogP contribution is -2.24. The van der Waals surface area contributed by atoms with Gasteiger partial charge in [-0.2, -0.15) is 0 Å². The Morgan fingerprint density at radius 1 is 1.40 bits per heavy atom. The molecule has 0 bridgehead atoms. The number of rotatable bonds is 5.